The summed E-state index contributed by atoms with van der Waals surface area (Å²) in [5.74, 6) is -1.41. The maximum atomic E-state index is 10.4. The van der Waals surface area contributed by atoms with Gasteiger partial charge in [-0.05, 0) is 38.5 Å². The first-order valence-electron chi connectivity index (χ1n) is 4.82. The zero-order chi connectivity index (χ0) is 10.5. The minimum absolute atomic E-state index is 0.410. The molecule has 2 atom stereocenters. The molecule has 1 N–H and O–H groups in total. The van der Waals surface area contributed by atoms with E-state index in [1.54, 1.807) is 13.8 Å². The van der Waals surface area contributed by atoms with Crippen LogP contribution in [0.5, 0.6) is 0 Å². The highest BCUT2D eigenvalue weighted by Gasteiger charge is 2.17. The summed E-state index contributed by atoms with van der Waals surface area (Å²) >= 11 is 0. The minimum atomic E-state index is -1.00. The van der Waals surface area contributed by atoms with Gasteiger partial charge in [-0.15, -0.1) is 0 Å². The van der Waals surface area contributed by atoms with Gasteiger partial charge in [0.2, 0.25) is 0 Å². The molecule has 0 aliphatic carbocycles. The Kier molecular flexibility index (Phi) is 4.99. The topological polar surface area (TPSA) is 60.4 Å². The Labute approximate surface area is 79.8 Å². The fourth-order valence-corrected chi connectivity index (χ4v) is 1.08. The van der Waals surface area contributed by atoms with Crippen LogP contribution < -0.4 is 5.11 Å². The van der Waals surface area contributed by atoms with Crippen molar-refractivity contribution in [3.63, 3.8) is 0 Å². The second-order valence-corrected chi connectivity index (χ2v) is 3.96. The quantitative estimate of drug-likeness (QED) is 0.666. The highest BCUT2D eigenvalue weighted by molar-refractivity contribution is 5.66. The van der Waals surface area contributed by atoms with Crippen molar-refractivity contribution < 1.29 is 15.0 Å². The molecule has 0 aromatic rings. The number of carbonyl (C=O) groups is 1. The molecule has 0 bridgehead atoms. The number of carboxylic acid groups (broad SMARTS) is 1. The molecule has 0 spiro atoms. The standard InChI is InChI=1S/C10H20O3/c1-4-10(3,13)7-5-6-8(2)9(11)12/h8,13H,4-7H2,1-3H3,(H,11,12)/p-1. The molecule has 0 saturated carbocycles. The highest BCUT2D eigenvalue weighted by atomic mass is 16.4. The van der Waals surface area contributed by atoms with Crippen LogP contribution in [-0.2, 0) is 4.79 Å². The second kappa shape index (κ2) is 5.22. The van der Waals surface area contributed by atoms with E-state index in [1.165, 1.54) is 0 Å². The van der Waals surface area contributed by atoms with Crippen molar-refractivity contribution >= 4 is 5.97 Å². The van der Waals surface area contributed by atoms with E-state index in [9.17, 15) is 15.0 Å². The van der Waals surface area contributed by atoms with Crippen molar-refractivity contribution in [1.29, 1.82) is 0 Å². The smallest absolute Gasteiger partial charge is 0.0617 e. The van der Waals surface area contributed by atoms with Crippen LogP contribution in [0.1, 0.15) is 46.5 Å². The third kappa shape index (κ3) is 5.64. The van der Waals surface area contributed by atoms with Gasteiger partial charge in [-0.1, -0.05) is 13.8 Å². The van der Waals surface area contributed by atoms with Crippen LogP contribution >= 0.6 is 0 Å². The molecule has 0 aliphatic rings. The lowest BCUT2D eigenvalue weighted by Gasteiger charge is -2.22. The van der Waals surface area contributed by atoms with Crippen molar-refractivity contribution in [3.05, 3.63) is 0 Å². The number of aliphatic hydroxyl groups is 1. The molecule has 0 aromatic heterocycles. The molecule has 0 radical (unpaired) electrons. The monoisotopic (exact) mass is 187 g/mol. The van der Waals surface area contributed by atoms with Crippen molar-refractivity contribution in [1.82, 2.24) is 0 Å². The molecular formula is C10H19O3-. The van der Waals surface area contributed by atoms with Gasteiger partial charge in [-0.3, -0.25) is 0 Å². The lowest BCUT2D eigenvalue weighted by Crippen LogP contribution is -2.30. The van der Waals surface area contributed by atoms with E-state index in [4.69, 9.17) is 0 Å². The normalized spacial score (nSPS) is 17.8. The summed E-state index contributed by atoms with van der Waals surface area (Å²) in [5.41, 5.74) is -0.647. The minimum Gasteiger partial charge on any atom is -0.550 e. The third-order valence-electron chi connectivity index (χ3n) is 2.52. The molecule has 0 heterocycles. The van der Waals surface area contributed by atoms with Gasteiger partial charge in [-0.25, -0.2) is 0 Å². The lowest BCUT2D eigenvalue weighted by atomic mass is 9.93. The first kappa shape index (κ1) is 12.4. The van der Waals surface area contributed by atoms with Crippen molar-refractivity contribution in [2.75, 3.05) is 0 Å². The molecule has 3 nitrogen and oxygen atoms in total. The molecule has 0 fully saturated rings. The Morgan fingerprint density at radius 2 is 2.15 bits per heavy atom. The van der Waals surface area contributed by atoms with Crippen molar-refractivity contribution in [3.8, 4) is 0 Å². The van der Waals surface area contributed by atoms with Gasteiger partial charge in [0, 0.05) is 5.97 Å². The molecule has 0 aliphatic heterocycles. The van der Waals surface area contributed by atoms with E-state index in [0.717, 1.165) is 6.42 Å². The second-order valence-electron chi connectivity index (χ2n) is 3.96. The molecule has 0 saturated heterocycles. The molecular weight excluding hydrogens is 168 g/mol. The predicted octanol–water partition coefficient (Wildman–Crippen LogP) is 0.704. The summed E-state index contributed by atoms with van der Waals surface area (Å²) in [7, 11) is 0. The molecule has 2 unspecified atom stereocenters. The number of aliphatic carboxylic acids is 1. The maximum absolute atomic E-state index is 10.4. The zero-order valence-corrected chi connectivity index (χ0v) is 8.67. The molecule has 0 amide bonds. The van der Waals surface area contributed by atoms with Crippen molar-refractivity contribution in [2.45, 2.75) is 52.1 Å². The SMILES string of the molecule is CCC(C)(O)CCCC(C)C(=O)[O-]. The zero-order valence-electron chi connectivity index (χ0n) is 8.67. The lowest BCUT2D eigenvalue weighted by molar-refractivity contribution is -0.311. The van der Waals surface area contributed by atoms with Gasteiger partial charge in [0.15, 0.2) is 0 Å². The summed E-state index contributed by atoms with van der Waals surface area (Å²) < 4.78 is 0. The van der Waals surface area contributed by atoms with Crippen LogP contribution in [0.3, 0.4) is 0 Å². The van der Waals surface area contributed by atoms with Gasteiger partial charge in [0.25, 0.3) is 0 Å². The van der Waals surface area contributed by atoms with E-state index < -0.39 is 17.5 Å². The largest absolute Gasteiger partial charge is 0.550 e. The van der Waals surface area contributed by atoms with E-state index >= 15 is 0 Å². The molecule has 0 rings (SSSR count). The number of hydrogen-bond acceptors (Lipinski definition) is 3. The van der Waals surface area contributed by atoms with Crippen LogP contribution in [0.4, 0.5) is 0 Å². The summed E-state index contributed by atoms with van der Waals surface area (Å²) in [6.07, 6.45) is 2.67. The van der Waals surface area contributed by atoms with E-state index in [-0.39, 0.29) is 0 Å². The Morgan fingerprint density at radius 3 is 2.54 bits per heavy atom. The third-order valence-corrected chi connectivity index (χ3v) is 2.52. The average Bonchev–Trinajstić information content (AvgIpc) is 2.04. The Morgan fingerprint density at radius 1 is 1.62 bits per heavy atom. The molecule has 13 heavy (non-hydrogen) atoms. The van der Waals surface area contributed by atoms with Crippen molar-refractivity contribution in [2.24, 2.45) is 5.92 Å². The fourth-order valence-electron chi connectivity index (χ4n) is 1.08. The van der Waals surface area contributed by atoms with E-state index in [0.29, 0.717) is 19.3 Å². The number of rotatable bonds is 6. The number of carboxylic acids is 1. The fraction of sp³-hybridized carbons (Fsp3) is 0.900. The van der Waals surface area contributed by atoms with Crippen LogP contribution in [0, 0.1) is 5.92 Å². The Balaban J connectivity index is 3.62. The first-order valence-corrected chi connectivity index (χ1v) is 4.82. The van der Waals surface area contributed by atoms with Gasteiger partial charge < -0.3 is 15.0 Å². The van der Waals surface area contributed by atoms with E-state index in [2.05, 4.69) is 0 Å². The van der Waals surface area contributed by atoms with Gasteiger partial charge >= 0.3 is 0 Å². The Hall–Kier alpha value is -0.570. The Bertz CT molecular complexity index is 164. The van der Waals surface area contributed by atoms with Crippen LogP contribution in [-0.4, -0.2) is 16.7 Å². The van der Waals surface area contributed by atoms with Gasteiger partial charge in [0.1, 0.15) is 0 Å². The van der Waals surface area contributed by atoms with Gasteiger partial charge in [0.05, 0.1) is 5.60 Å². The average molecular weight is 187 g/mol. The van der Waals surface area contributed by atoms with Gasteiger partial charge in [-0.2, -0.15) is 0 Å². The summed E-state index contributed by atoms with van der Waals surface area (Å²) in [6.45, 7) is 5.33. The summed E-state index contributed by atoms with van der Waals surface area (Å²) in [5, 5.41) is 20.0. The maximum Gasteiger partial charge on any atom is 0.0617 e. The van der Waals surface area contributed by atoms with E-state index in [1.807, 2.05) is 6.92 Å². The molecule has 3 heteroatoms. The number of hydrogen-bond donors (Lipinski definition) is 1. The van der Waals surface area contributed by atoms with Crippen LogP contribution in [0.15, 0.2) is 0 Å². The van der Waals surface area contributed by atoms with Crippen LogP contribution in [0.2, 0.25) is 0 Å². The predicted molar refractivity (Wildman–Crippen MR) is 48.9 cm³/mol. The molecule has 78 valence electrons. The highest BCUT2D eigenvalue weighted by Crippen LogP contribution is 2.18. The molecule has 0 aromatic carbocycles. The van der Waals surface area contributed by atoms with Crippen LogP contribution in [0.25, 0.3) is 0 Å². The number of carbonyl (C=O) groups excluding carboxylic acids is 1. The summed E-state index contributed by atoms with van der Waals surface area (Å²) in [6, 6.07) is 0. The first-order chi connectivity index (χ1) is 5.89. The summed E-state index contributed by atoms with van der Waals surface area (Å²) in [4.78, 5) is 10.4.